The van der Waals surface area contributed by atoms with Crippen LogP contribution < -0.4 is 0 Å². The predicted molar refractivity (Wildman–Crippen MR) is 124 cm³/mol. The summed E-state index contributed by atoms with van der Waals surface area (Å²) in [6.45, 7) is 7.00. The monoisotopic (exact) mass is 476 g/mol. The highest BCUT2D eigenvalue weighted by molar-refractivity contribution is 14.1. The molecule has 0 radical (unpaired) electrons. The van der Waals surface area contributed by atoms with Gasteiger partial charge in [-0.05, 0) is 62.0 Å². The number of halogens is 1. The van der Waals surface area contributed by atoms with Crippen molar-refractivity contribution in [1.82, 2.24) is 0 Å². The van der Waals surface area contributed by atoms with Crippen molar-refractivity contribution in [1.29, 1.82) is 0 Å². The van der Waals surface area contributed by atoms with Crippen molar-refractivity contribution < 1.29 is 0 Å². The zero-order valence-electron chi connectivity index (χ0n) is 15.8. The maximum atomic E-state index is 3.88. The summed E-state index contributed by atoms with van der Waals surface area (Å²) in [4.78, 5) is 0. The van der Waals surface area contributed by atoms with E-state index in [0.29, 0.717) is 5.92 Å². The first-order chi connectivity index (χ1) is 12.9. The van der Waals surface area contributed by atoms with E-state index >= 15 is 0 Å². The molecule has 2 heteroatoms. The van der Waals surface area contributed by atoms with Crippen molar-refractivity contribution in [2.75, 3.05) is 0 Å². The Hall–Kier alpha value is -1.83. The smallest absolute Gasteiger partial charge is 0.129 e. The normalized spacial score (nSPS) is 21.6. The van der Waals surface area contributed by atoms with Crippen LogP contribution in [0.15, 0.2) is 66.7 Å². The van der Waals surface area contributed by atoms with E-state index in [0.717, 1.165) is 0 Å². The third-order valence-electron chi connectivity index (χ3n) is 5.71. The van der Waals surface area contributed by atoms with Gasteiger partial charge in [-0.15, -0.1) is 5.54 Å². The highest BCUT2D eigenvalue weighted by Crippen LogP contribution is 2.59. The minimum atomic E-state index is -1.53. The molecule has 0 amide bonds. The molecule has 0 fully saturated rings. The fourth-order valence-electron chi connectivity index (χ4n) is 4.75. The first-order valence-corrected chi connectivity index (χ1v) is 14.0. The minimum absolute atomic E-state index is 0.317. The fraction of sp³-hybridized carbons (Fsp3) is 0.200. The van der Waals surface area contributed by atoms with Crippen LogP contribution in [0.4, 0.5) is 0 Å². The lowest BCUT2D eigenvalue weighted by Gasteiger charge is -2.48. The van der Waals surface area contributed by atoms with Crippen LogP contribution in [0.25, 0.3) is 0 Å². The molecule has 3 aromatic rings. The molecule has 3 aromatic carbocycles. The summed E-state index contributed by atoms with van der Waals surface area (Å²) in [7, 11) is -1.53. The molecule has 0 unspecified atom stereocenters. The van der Waals surface area contributed by atoms with Crippen LogP contribution in [0, 0.1) is 15.0 Å². The standard InChI is InChI=1S/C25H21ISi/c1-27(2,3)16-15-25-20-12-6-4-9-17(20)23(18-10-5-7-13-21(18)25)19-11-8-14-22(26)24(19)25/h4-14,23H,1-3H3. The average molecular weight is 476 g/mol. The average Bonchev–Trinajstić information content (AvgIpc) is 2.66. The lowest BCUT2D eigenvalue weighted by molar-refractivity contribution is 0.662. The second-order valence-corrected chi connectivity index (χ2v) is 14.5. The van der Waals surface area contributed by atoms with Gasteiger partial charge >= 0.3 is 0 Å². The van der Waals surface area contributed by atoms with Gasteiger partial charge in [0.25, 0.3) is 0 Å². The Kier molecular flexibility index (Phi) is 3.73. The lowest BCUT2D eigenvalue weighted by atomic mass is 9.53. The number of benzene rings is 3. The van der Waals surface area contributed by atoms with E-state index in [9.17, 15) is 0 Å². The first-order valence-electron chi connectivity index (χ1n) is 9.45. The Morgan fingerprint density at radius 2 is 1.33 bits per heavy atom. The molecule has 0 saturated heterocycles. The molecule has 0 nitrogen and oxygen atoms in total. The second-order valence-electron chi connectivity index (χ2n) is 8.56. The Morgan fingerprint density at radius 1 is 0.778 bits per heavy atom. The summed E-state index contributed by atoms with van der Waals surface area (Å²) in [6.07, 6.45) is 0. The van der Waals surface area contributed by atoms with Crippen LogP contribution in [0.3, 0.4) is 0 Å². The van der Waals surface area contributed by atoms with Gasteiger partial charge < -0.3 is 0 Å². The molecule has 0 spiro atoms. The van der Waals surface area contributed by atoms with Gasteiger partial charge in [0.1, 0.15) is 13.5 Å². The molecule has 0 aromatic heterocycles. The van der Waals surface area contributed by atoms with E-state index in [-0.39, 0.29) is 5.41 Å². The molecule has 6 rings (SSSR count). The van der Waals surface area contributed by atoms with Crippen LogP contribution in [0.1, 0.15) is 39.3 Å². The van der Waals surface area contributed by atoms with Gasteiger partial charge in [-0.2, -0.15) is 0 Å². The molecule has 0 saturated carbocycles. The van der Waals surface area contributed by atoms with Crippen LogP contribution >= 0.6 is 22.6 Å². The minimum Gasteiger partial charge on any atom is -0.130 e. The van der Waals surface area contributed by atoms with E-state index in [1.165, 1.54) is 37.0 Å². The topological polar surface area (TPSA) is 0 Å². The third kappa shape index (κ3) is 2.34. The highest BCUT2D eigenvalue weighted by Gasteiger charge is 2.51. The molecule has 27 heavy (non-hydrogen) atoms. The third-order valence-corrected chi connectivity index (χ3v) is 7.48. The van der Waals surface area contributed by atoms with Crippen molar-refractivity contribution in [2.45, 2.75) is 31.0 Å². The molecule has 0 atom stereocenters. The molecule has 132 valence electrons. The Labute approximate surface area is 176 Å². The first kappa shape index (κ1) is 17.3. The summed E-state index contributed by atoms with van der Waals surface area (Å²) in [6, 6.07) is 24.7. The highest BCUT2D eigenvalue weighted by atomic mass is 127. The molecule has 3 aliphatic rings. The van der Waals surface area contributed by atoms with Crippen molar-refractivity contribution in [3.05, 3.63) is 104 Å². The molecule has 3 aliphatic carbocycles. The Morgan fingerprint density at radius 3 is 1.93 bits per heavy atom. The number of hydrogen-bond donors (Lipinski definition) is 0. The fourth-order valence-corrected chi connectivity index (χ4v) is 6.24. The van der Waals surface area contributed by atoms with Crippen LogP contribution in [0.2, 0.25) is 19.6 Å². The molecular weight excluding hydrogens is 455 g/mol. The zero-order chi connectivity index (χ0) is 18.8. The largest absolute Gasteiger partial charge is 0.130 e. The van der Waals surface area contributed by atoms with Gasteiger partial charge in [0.2, 0.25) is 0 Å². The van der Waals surface area contributed by atoms with E-state index in [1.54, 1.807) is 0 Å². The van der Waals surface area contributed by atoms with E-state index in [4.69, 9.17) is 0 Å². The quantitative estimate of drug-likeness (QED) is 0.203. The maximum absolute atomic E-state index is 3.88. The number of rotatable bonds is 0. The maximum Gasteiger partial charge on any atom is 0.129 e. The zero-order valence-corrected chi connectivity index (χ0v) is 19.0. The summed E-state index contributed by atoms with van der Waals surface area (Å²) in [5.41, 5.74) is 11.9. The number of hydrogen-bond acceptors (Lipinski definition) is 0. The van der Waals surface area contributed by atoms with Crippen LogP contribution in [-0.2, 0) is 5.41 Å². The summed E-state index contributed by atoms with van der Waals surface area (Å²) < 4.78 is 1.32. The molecular formula is C25H21ISi. The molecule has 0 aliphatic heterocycles. The van der Waals surface area contributed by atoms with Crippen molar-refractivity contribution in [3.63, 3.8) is 0 Å². The van der Waals surface area contributed by atoms with E-state index in [1.807, 2.05) is 0 Å². The molecule has 2 bridgehead atoms. The van der Waals surface area contributed by atoms with Gasteiger partial charge in [0.15, 0.2) is 0 Å². The summed E-state index contributed by atoms with van der Waals surface area (Å²) >= 11 is 2.51. The molecule has 0 heterocycles. The summed E-state index contributed by atoms with van der Waals surface area (Å²) in [5.74, 6) is 4.20. The van der Waals surface area contributed by atoms with Gasteiger partial charge in [-0.3, -0.25) is 0 Å². The summed E-state index contributed by atoms with van der Waals surface area (Å²) in [5, 5.41) is 0. The van der Waals surface area contributed by atoms with Gasteiger partial charge in [0.05, 0.1) is 0 Å². The van der Waals surface area contributed by atoms with Gasteiger partial charge in [-0.1, -0.05) is 86.2 Å². The van der Waals surface area contributed by atoms with Crippen molar-refractivity contribution >= 4 is 30.7 Å². The van der Waals surface area contributed by atoms with Crippen molar-refractivity contribution in [2.24, 2.45) is 0 Å². The van der Waals surface area contributed by atoms with Gasteiger partial charge in [-0.25, -0.2) is 0 Å². The Balaban J connectivity index is 2.00. The second kappa shape index (κ2) is 5.83. The van der Waals surface area contributed by atoms with Crippen LogP contribution in [-0.4, -0.2) is 8.07 Å². The van der Waals surface area contributed by atoms with Gasteiger partial charge in [0, 0.05) is 9.49 Å². The Bertz CT molecular complexity index is 1090. The lowest BCUT2D eigenvalue weighted by Crippen LogP contribution is -2.42. The van der Waals surface area contributed by atoms with E-state index < -0.39 is 8.07 Å². The van der Waals surface area contributed by atoms with Crippen LogP contribution in [0.5, 0.6) is 0 Å². The molecule has 0 N–H and O–H groups in total. The predicted octanol–water partition coefficient (Wildman–Crippen LogP) is 6.31. The van der Waals surface area contributed by atoms with Crippen molar-refractivity contribution in [3.8, 4) is 11.5 Å². The SMILES string of the molecule is C[Si](C)(C)C#CC12c3ccccc3C(c3ccccc31)c1cccc(I)c12. The van der Waals surface area contributed by atoms with E-state index in [2.05, 4.69) is 120 Å².